The Hall–Kier alpha value is -2.71. The quantitative estimate of drug-likeness (QED) is 0.741. The van der Waals surface area contributed by atoms with Crippen LogP contribution >= 0.6 is 11.6 Å². The second kappa shape index (κ2) is 5.49. The van der Waals surface area contributed by atoms with Crippen molar-refractivity contribution >= 4 is 11.6 Å². The number of pyridine rings is 1. The smallest absolute Gasteiger partial charge is 0.156 e. The fraction of sp³-hybridized carbons (Fsp3) is 0.176. The summed E-state index contributed by atoms with van der Waals surface area (Å²) in [6.45, 7) is 0. The third-order valence-corrected chi connectivity index (χ3v) is 4.13. The van der Waals surface area contributed by atoms with Crippen LogP contribution < -0.4 is 0 Å². The van der Waals surface area contributed by atoms with Crippen LogP contribution in [-0.4, -0.2) is 20.2 Å². The van der Waals surface area contributed by atoms with E-state index in [1.807, 2.05) is 12.1 Å². The molecule has 1 aromatic carbocycles. The SMILES string of the molecule is N#Cc1ccc(-c2cc(Cl)nc(C3CC3)c2)c(-c2ncn[nH]2)c1. The number of benzene rings is 1. The molecule has 1 N–H and O–H groups in total. The van der Waals surface area contributed by atoms with Gasteiger partial charge in [-0.25, -0.2) is 9.97 Å². The van der Waals surface area contributed by atoms with Crippen molar-refractivity contribution in [2.24, 2.45) is 0 Å². The number of aromatic amines is 1. The first-order valence-corrected chi connectivity index (χ1v) is 7.70. The number of halogens is 1. The molecular weight excluding hydrogens is 310 g/mol. The number of rotatable bonds is 3. The van der Waals surface area contributed by atoms with E-state index < -0.39 is 0 Å². The first-order chi connectivity index (χ1) is 11.2. The molecule has 0 radical (unpaired) electrons. The predicted molar refractivity (Wildman–Crippen MR) is 86.7 cm³/mol. The molecule has 0 saturated heterocycles. The zero-order valence-electron chi connectivity index (χ0n) is 12.1. The number of hydrogen-bond donors (Lipinski definition) is 1. The minimum atomic E-state index is 0.484. The van der Waals surface area contributed by atoms with E-state index in [2.05, 4.69) is 32.3 Å². The molecule has 5 nitrogen and oxygen atoms in total. The molecule has 2 heterocycles. The van der Waals surface area contributed by atoms with E-state index in [0.717, 1.165) is 35.2 Å². The van der Waals surface area contributed by atoms with Crippen molar-refractivity contribution < 1.29 is 0 Å². The Morgan fingerprint density at radius 1 is 1.17 bits per heavy atom. The molecule has 1 aliphatic carbocycles. The molecule has 0 unspecified atom stereocenters. The summed E-state index contributed by atoms with van der Waals surface area (Å²) in [6, 6.07) is 11.6. The van der Waals surface area contributed by atoms with E-state index in [0.29, 0.717) is 22.5 Å². The van der Waals surface area contributed by atoms with Crippen LogP contribution in [0.4, 0.5) is 0 Å². The molecular formula is C17H12ClN5. The van der Waals surface area contributed by atoms with Crippen molar-refractivity contribution in [1.82, 2.24) is 20.2 Å². The lowest BCUT2D eigenvalue weighted by molar-refractivity contribution is 1.02. The highest BCUT2D eigenvalue weighted by Crippen LogP contribution is 2.41. The fourth-order valence-electron chi connectivity index (χ4n) is 2.66. The first kappa shape index (κ1) is 13.9. The van der Waals surface area contributed by atoms with Crippen molar-refractivity contribution in [2.75, 3.05) is 0 Å². The summed E-state index contributed by atoms with van der Waals surface area (Å²) < 4.78 is 0. The largest absolute Gasteiger partial charge is 0.259 e. The third kappa shape index (κ3) is 2.69. The Balaban J connectivity index is 1.90. The van der Waals surface area contributed by atoms with E-state index in [9.17, 15) is 0 Å². The number of nitrogens with zero attached hydrogens (tertiary/aromatic N) is 4. The normalized spacial score (nSPS) is 13.7. The van der Waals surface area contributed by atoms with Crippen molar-refractivity contribution in [3.63, 3.8) is 0 Å². The second-order valence-electron chi connectivity index (χ2n) is 5.58. The molecule has 0 bridgehead atoms. The summed E-state index contributed by atoms with van der Waals surface area (Å²) >= 11 is 6.21. The van der Waals surface area contributed by atoms with Gasteiger partial charge >= 0.3 is 0 Å². The van der Waals surface area contributed by atoms with Crippen molar-refractivity contribution in [3.8, 4) is 28.6 Å². The third-order valence-electron chi connectivity index (χ3n) is 3.94. The predicted octanol–water partition coefficient (Wildman–Crippen LogP) is 3.94. The Labute approximate surface area is 138 Å². The van der Waals surface area contributed by atoms with Crippen LogP contribution in [-0.2, 0) is 0 Å². The average Bonchev–Trinajstić information content (AvgIpc) is 3.28. The lowest BCUT2D eigenvalue weighted by atomic mass is 9.97. The van der Waals surface area contributed by atoms with Crippen LogP contribution in [0.1, 0.15) is 30.0 Å². The van der Waals surface area contributed by atoms with Crippen molar-refractivity contribution in [3.05, 3.63) is 53.1 Å². The minimum absolute atomic E-state index is 0.484. The highest BCUT2D eigenvalue weighted by Gasteiger charge is 2.26. The van der Waals surface area contributed by atoms with Gasteiger partial charge < -0.3 is 0 Å². The van der Waals surface area contributed by atoms with Gasteiger partial charge in [0, 0.05) is 17.2 Å². The molecule has 1 fully saturated rings. The standard InChI is InChI=1S/C17H12ClN5/c18-16-7-12(6-15(22-16)11-2-3-11)13-4-1-10(8-19)5-14(13)17-20-9-21-23-17/h1,4-7,9,11H,2-3H2,(H,20,21,23). The Morgan fingerprint density at radius 3 is 2.74 bits per heavy atom. The van der Waals surface area contributed by atoms with E-state index in [1.165, 1.54) is 6.33 Å². The number of hydrogen-bond acceptors (Lipinski definition) is 4. The number of nitriles is 1. The summed E-state index contributed by atoms with van der Waals surface area (Å²) in [5.41, 5.74) is 4.35. The Bertz CT molecular complexity index is 907. The second-order valence-corrected chi connectivity index (χ2v) is 5.97. The van der Waals surface area contributed by atoms with Gasteiger partial charge in [-0.1, -0.05) is 17.7 Å². The minimum Gasteiger partial charge on any atom is -0.259 e. The van der Waals surface area contributed by atoms with Gasteiger partial charge in [0.1, 0.15) is 11.5 Å². The van der Waals surface area contributed by atoms with Gasteiger partial charge in [-0.15, -0.1) is 0 Å². The van der Waals surface area contributed by atoms with Crippen LogP contribution in [0.5, 0.6) is 0 Å². The lowest BCUT2D eigenvalue weighted by Gasteiger charge is -2.10. The van der Waals surface area contributed by atoms with E-state index in [1.54, 1.807) is 12.1 Å². The maximum Gasteiger partial charge on any atom is 0.156 e. The Kier molecular flexibility index (Phi) is 3.32. The van der Waals surface area contributed by atoms with Gasteiger partial charge in [0.25, 0.3) is 0 Å². The Morgan fingerprint density at radius 2 is 2.04 bits per heavy atom. The van der Waals surface area contributed by atoms with Crippen LogP contribution in [0.3, 0.4) is 0 Å². The molecule has 112 valence electrons. The molecule has 1 saturated carbocycles. The lowest BCUT2D eigenvalue weighted by Crippen LogP contribution is -1.93. The number of nitrogens with one attached hydrogen (secondary N) is 1. The van der Waals surface area contributed by atoms with E-state index in [4.69, 9.17) is 16.9 Å². The number of H-pyrrole nitrogens is 1. The number of aromatic nitrogens is 4. The van der Waals surface area contributed by atoms with Crippen LogP contribution in [0.15, 0.2) is 36.7 Å². The first-order valence-electron chi connectivity index (χ1n) is 7.32. The van der Waals surface area contributed by atoms with Gasteiger partial charge in [-0.05, 0) is 48.2 Å². The molecule has 0 atom stereocenters. The topological polar surface area (TPSA) is 78.2 Å². The van der Waals surface area contributed by atoms with Gasteiger partial charge in [0.15, 0.2) is 5.82 Å². The molecule has 4 rings (SSSR count). The van der Waals surface area contributed by atoms with Crippen LogP contribution in [0, 0.1) is 11.3 Å². The zero-order valence-corrected chi connectivity index (χ0v) is 12.9. The van der Waals surface area contributed by atoms with E-state index >= 15 is 0 Å². The molecule has 2 aromatic heterocycles. The van der Waals surface area contributed by atoms with E-state index in [-0.39, 0.29) is 0 Å². The molecule has 23 heavy (non-hydrogen) atoms. The molecule has 1 aliphatic rings. The average molecular weight is 322 g/mol. The van der Waals surface area contributed by atoms with Gasteiger partial charge in [0.05, 0.1) is 11.6 Å². The highest BCUT2D eigenvalue weighted by atomic mass is 35.5. The summed E-state index contributed by atoms with van der Waals surface area (Å²) in [5.74, 6) is 1.14. The molecule has 0 amide bonds. The fourth-order valence-corrected chi connectivity index (χ4v) is 2.87. The highest BCUT2D eigenvalue weighted by molar-refractivity contribution is 6.29. The maximum atomic E-state index is 9.16. The summed E-state index contributed by atoms with van der Waals surface area (Å²) in [5, 5.41) is 16.4. The van der Waals surface area contributed by atoms with Crippen molar-refractivity contribution in [1.29, 1.82) is 5.26 Å². The van der Waals surface area contributed by atoms with Gasteiger partial charge in [0.2, 0.25) is 0 Å². The van der Waals surface area contributed by atoms with Gasteiger partial charge in [-0.3, -0.25) is 5.10 Å². The molecule has 0 spiro atoms. The van der Waals surface area contributed by atoms with Crippen LogP contribution in [0.2, 0.25) is 5.15 Å². The summed E-state index contributed by atoms with van der Waals surface area (Å²) in [6.07, 6.45) is 3.78. The molecule has 3 aromatic rings. The van der Waals surface area contributed by atoms with Crippen molar-refractivity contribution in [2.45, 2.75) is 18.8 Å². The monoisotopic (exact) mass is 321 g/mol. The zero-order chi connectivity index (χ0) is 15.8. The molecule has 6 heteroatoms. The summed E-state index contributed by atoms with van der Waals surface area (Å²) in [4.78, 5) is 8.64. The maximum absolute atomic E-state index is 9.16. The summed E-state index contributed by atoms with van der Waals surface area (Å²) in [7, 11) is 0. The van der Waals surface area contributed by atoms with Crippen LogP contribution in [0.25, 0.3) is 22.5 Å². The molecule has 0 aliphatic heterocycles. The van der Waals surface area contributed by atoms with Gasteiger partial charge in [-0.2, -0.15) is 10.4 Å².